The molecule has 2 aromatic rings. The van der Waals surface area contributed by atoms with E-state index in [2.05, 4.69) is 42.8 Å². The van der Waals surface area contributed by atoms with E-state index in [1.54, 1.807) is 0 Å². The molecule has 0 radical (unpaired) electrons. The number of hydrogen-bond donors (Lipinski definition) is 3. The topological polar surface area (TPSA) is 99.6 Å². The Labute approximate surface area is 163 Å². The van der Waals surface area contributed by atoms with Crippen molar-refractivity contribution in [1.82, 2.24) is 25.0 Å². The Hall–Kier alpha value is -3.07. The lowest BCUT2D eigenvalue weighted by molar-refractivity contribution is 0.431. The highest BCUT2D eigenvalue weighted by Crippen LogP contribution is 2.29. The number of nitrogens with two attached hydrogens (primary N) is 1. The van der Waals surface area contributed by atoms with Crippen LogP contribution in [0.1, 0.15) is 18.0 Å². The molecule has 2 aromatic heterocycles. The van der Waals surface area contributed by atoms with Gasteiger partial charge in [-0.1, -0.05) is 0 Å². The minimum absolute atomic E-state index is 0.0947. The van der Waals surface area contributed by atoms with Gasteiger partial charge in [0, 0.05) is 68.3 Å². The monoisotopic (exact) mass is 379 g/mol. The fourth-order valence-electron chi connectivity index (χ4n) is 4.05. The third-order valence-corrected chi connectivity index (χ3v) is 5.50. The van der Waals surface area contributed by atoms with Crippen LogP contribution in [-0.2, 0) is 7.05 Å². The Kier molecular flexibility index (Phi) is 4.16. The van der Waals surface area contributed by atoms with Crippen LogP contribution in [0.3, 0.4) is 0 Å². The fourth-order valence-corrected chi connectivity index (χ4v) is 4.05. The zero-order valence-corrected chi connectivity index (χ0v) is 15.9. The maximum Gasteiger partial charge on any atom is 0.156 e. The maximum absolute atomic E-state index is 6.04. The average molecular weight is 379 g/mol. The molecule has 0 saturated carbocycles. The standard InChI is InChI=1S/C19H25N9/c1-26-11-13(9-24-26)16-10-23-19-18(22-5-7-28(16)19)25-15-2-4-21-17(8-15)27-6-3-14(20)12-27/h2,4-5,7-9,11,14,16,18,22H,3,6,10,12,20H2,1H3,(H,21,25). The van der Waals surface area contributed by atoms with Gasteiger partial charge in [0.25, 0.3) is 0 Å². The first-order chi connectivity index (χ1) is 13.7. The van der Waals surface area contributed by atoms with Gasteiger partial charge in [-0.3, -0.25) is 9.67 Å². The highest BCUT2D eigenvalue weighted by atomic mass is 15.4. The van der Waals surface area contributed by atoms with Crippen molar-refractivity contribution in [3.8, 4) is 0 Å². The molecule has 0 spiro atoms. The molecule has 28 heavy (non-hydrogen) atoms. The summed E-state index contributed by atoms with van der Waals surface area (Å²) in [6.45, 7) is 2.53. The van der Waals surface area contributed by atoms with E-state index in [0.29, 0.717) is 0 Å². The SMILES string of the molecule is Cn1cc(C2CN=C3C(Nc4ccnc(N5CCC(N)C5)c4)NC=CN32)cn1. The number of aromatic nitrogens is 3. The number of amidine groups is 1. The summed E-state index contributed by atoms with van der Waals surface area (Å²) in [7, 11) is 1.94. The van der Waals surface area contributed by atoms with Crippen LogP contribution in [0.15, 0.2) is 48.1 Å². The summed E-state index contributed by atoms with van der Waals surface area (Å²) in [6.07, 6.45) is 10.7. The molecule has 146 valence electrons. The second-order valence-corrected chi connectivity index (χ2v) is 7.53. The number of aryl methyl sites for hydroxylation is 1. The molecule has 0 amide bonds. The molecule has 9 heteroatoms. The summed E-state index contributed by atoms with van der Waals surface area (Å²) < 4.78 is 1.83. The lowest BCUT2D eigenvalue weighted by Crippen LogP contribution is -2.49. The quantitative estimate of drug-likeness (QED) is 0.716. The van der Waals surface area contributed by atoms with Crippen molar-refractivity contribution in [2.45, 2.75) is 24.7 Å². The van der Waals surface area contributed by atoms with Crippen LogP contribution < -0.4 is 21.3 Å². The first-order valence-corrected chi connectivity index (χ1v) is 9.64. The second-order valence-electron chi connectivity index (χ2n) is 7.53. The van der Waals surface area contributed by atoms with Gasteiger partial charge in [0.1, 0.15) is 11.7 Å². The Morgan fingerprint density at radius 2 is 2.29 bits per heavy atom. The van der Waals surface area contributed by atoms with Crippen LogP contribution in [0.5, 0.6) is 0 Å². The van der Waals surface area contributed by atoms with E-state index in [0.717, 1.165) is 43.4 Å². The first-order valence-electron chi connectivity index (χ1n) is 9.64. The Morgan fingerprint density at radius 1 is 1.36 bits per heavy atom. The normalized spacial score (nSPS) is 26.2. The van der Waals surface area contributed by atoms with Gasteiger partial charge in [-0.05, 0) is 12.5 Å². The number of rotatable bonds is 4. The zero-order chi connectivity index (χ0) is 19.1. The lowest BCUT2D eigenvalue weighted by Gasteiger charge is -2.33. The molecule has 0 bridgehead atoms. The van der Waals surface area contributed by atoms with Gasteiger partial charge >= 0.3 is 0 Å². The smallest absolute Gasteiger partial charge is 0.156 e. The van der Waals surface area contributed by atoms with Gasteiger partial charge in [0.2, 0.25) is 0 Å². The molecule has 5 rings (SSSR count). The van der Waals surface area contributed by atoms with Crippen molar-refractivity contribution < 1.29 is 0 Å². The molecule has 3 unspecified atom stereocenters. The summed E-state index contributed by atoms with van der Waals surface area (Å²) in [6, 6.07) is 4.48. The third kappa shape index (κ3) is 3.07. The molecule has 1 fully saturated rings. The lowest BCUT2D eigenvalue weighted by atomic mass is 10.1. The summed E-state index contributed by atoms with van der Waals surface area (Å²) in [5.41, 5.74) is 8.22. The predicted octanol–water partition coefficient (Wildman–Crippen LogP) is 0.620. The zero-order valence-electron chi connectivity index (χ0n) is 15.9. The van der Waals surface area contributed by atoms with Crippen LogP contribution in [0.2, 0.25) is 0 Å². The van der Waals surface area contributed by atoms with Crippen LogP contribution in [-0.4, -0.2) is 57.3 Å². The van der Waals surface area contributed by atoms with E-state index in [-0.39, 0.29) is 18.2 Å². The maximum atomic E-state index is 6.04. The molecule has 5 heterocycles. The van der Waals surface area contributed by atoms with Crippen molar-refractivity contribution in [2.24, 2.45) is 17.8 Å². The van der Waals surface area contributed by atoms with E-state index in [1.165, 1.54) is 5.56 Å². The van der Waals surface area contributed by atoms with Crippen LogP contribution in [0.4, 0.5) is 11.5 Å². The van der Waals surface area contributed by atoms with E-state index in [4.69, 9.17) is 10.7 Å². The molecule has 3 atom stereocenters. The number of hydrogen-bond acceptors (Lipinski definition) is 8. The van der Waals surface area contributed by atoms with E-state index in [1.807, 2.05) is 42.6 Å². The van der Waals surface area contributed by atoms with Gasteiger partial charge in [-0.15, -0.1) is 0 Å². The molecule has 1 saturated heterocycles. The molecule has 0 aliphatic carbocycles. The third-order valence-electron chi connectivity index (χ3n) is 5.50. The van der Waals surface area contributed by atoms with Crippen molar-refractivity contribution in [1.29, 1.82) is 0 Å². The number of pyridine rings is 1. The van der Waals surface area contributed by atoms with Crippen LogP contribution in [0, 0.1) is 0 Å². The highest BCUT2D eigenvalue weighted by molar-refractivity contribution is 5.93. The molecule has 9 nitrogen and oxygen atoms in total. The predicted molar refractivity (Wildman–Crippen MR) is 109 cm³/mol. The Bertz CT molecular complexity index is 918. The van der Waals surface area contributed by atoms with Gasteiger partial charge in [0.05, 0.1) is 18.8 Å². The number of aliphatic imine (C=N–C) groups is 1. The van der Waals surface area contributed by atoms with Crippen molar-refractivity contribution in [3.05, 3.63) is 48.7 Å². The average Bonchev–Trinajstić information content (AvgIpc) is 3.42. The Morgan fingerprint density at radius 3 is 3.07 bits per heavy atom. The molecule has 3 aliphatic rings. The summed E-state index contributed by atoms with van der Waals surface area (Å²) in [5, 5.41) is 11.2. The number of nitrogens with one attached hydrogen (secondary N) is 2. The van der Waals surface area contributed by atoms with E-state index in [9.17, 15) is 0 Å². The van der Waals surface area contributed by atoms with E-state index < -0.39 is 0 Å². The molecular formula is C19H25N9. The summed E-state index contributed by atoms with van der Waals surface area (Å²) >= 11 is 0. The van der Waals surface area contributed by atoms with Gasteiger partial charge in [-0.2, -0.15) is 5.10 Å². The van der Waals surface area contributed by atoms with E-state index >= 15 is 0 Å². The van der Waals surface area contributed by atoms with Crippen molar-refractivity contribution in [3.63, 3.8) is 0 Å². The second kappa shape index (κ2) is 6.83. The number of nitrogens with zero attached hydrogens (tertiary/aromatic N) is 6. The summed E-state index contributed by atoms with van der Waals surface area (Å²) in [5.74, 6) is 1.95. The first kappa shape index (κ1) is 17.1. The van der Waals surface area contributed by atoms with Gasteiger partial charge in [0.15, 0.2) is 6.17 Å². The molecular weight excluding hydrogens is 354 g/mol. The van der Waals surface area contributed by atoms with Gasteiger partial charge in [-0.25, -0.2) is 4.98 Å². The molecule has 4 N–H and O–H groups in total. The molecule has 3 aliphatic heterocycles. The minimum Gasteiger partial charge on any atom is -0.364 e. The summed E-state index contributed by atoms with van der Waals surface area (Å²) in [4.78, 5) is 13.8. The molecule has 0 aromatic carbocycles. The van der Waals surface area contributed by atoms with Gasteiger partial charge < -0.3 is 26.2 Å². The largest absolute Gasteiger partial charge is 0.364 e. The fraction of sp³-hybridized carbons (Fsp3) is 0.421. The minimum atomic E-state index is -0.0947. The van der Waals surface area contributed by atoms with Crippen LogP contribution in [0.25, 0.3) is 0 Å². The number of fused-ring (bicyclic) bond motifs is 1. The van der Waals surface area contributed by atoms with Crippen molar-refractivity contribution in [2.75, 3.05) is 29.9 Å². The number of anilines is 2. The highest BCUT2D eigenvalue weighted by Gasteiger charge is 2.34. The van der Waals surface area contributed by atoms with Crippen molar-refractivity contribution >= 4 is 17.3 Å². The van der Waals surface area contributed by atoms with Crippen LogP contribution >= 0.6 is 0 Å². The Balaban J connectivity index is 1.32.